The molecule has 12 heteroatoms. The normalized spacial score (nSPS) is 47.9. The molecule has 0 aromatic heterocycles. The fourth-order valence-electron chi connectivity index (χ4n) is 8.01. The molecule has 5 aliphatic rings. The molecule has 0 amide bonds. The molecule has 2 aliphatic heterocycles. The van der Waals surface area contributed by atoms with Crippen LogP contribution in [0.5, 0.6) is 0 Å². The number of aliphatic hydroxyl groups excluding tert-OH is 3. The number of hydrogen-bond acceptors (Lipinski definition) is 12. The van der Waals surface area contributed by atoms with Crippen LogP contribution in [0.3, 0.4) is 0 Å². The molecule has 0 radical (unpaired) electrons. The van der Waals surface area contributed by atoms with E-state index in [1.54, 1.807) is 13.8 Å². The number of fused-ring (bicyclic) bond motifs is 2. The van der Waals surface area contributed by atoms with Crippen LogP contribution in [0, 0.1) is 28.6 Å². The summed E-state index contributed by atoms with van der Waals surface area (Å²) >= 11 is 0. The van der Waals surface area contributed by atoms with Crippen molar-refractivity contribution in [2.24, 2.45) is 28.6 Å². The van der Waals surface area contributed by atoms with Gasteiger partial charge in [-0.3, -0.25) is 4.79 Å². The Balaban J connectivity index is 1.76. The van der Waals surface area contributed by atoms with Crippen LogP contribution in [0.25, 0.3) is 0 Å². The van der Waals surface area contributed by atoms with E-state index in [-0.39, 0.29) is 25.2 Å². The average molecular weight is 496 g/mol. The van der Waals surface area contributed by atoms with E-state index in [1.165, 1.54) is 0 Å². The van der Waals surface area contributed by atoms with Crippen LogP contribution in [0.2, 0.25) is 0 Å². The summed E-state index contributed by atoms with van der Waals surface area (Å²) < 4.78 is 26.5. The van der Waals surface area contributed by atoms with Gasteiger partial charge in [-0.05, 0) is 30.3 Å². The Labute approximate surface area is 200 Å². The van der Waals surface area contributed by atoms with Gasteiger partial charge >= 0.3 is 18.1 Å². The van der Waals surface area contributed by atoms with E-state index in [2.05, 4.69) is 4.74 Å². The molecule has 35 heavy (non-hydrogen) atoms. The Morgan fingerprint density at radius 3 is 2.43 bits per heavy atom. The highest BCUT2D eigenvalue weighted by molar-refractivity contribution is 5.95. The Morgan fingerprint density at radius 1 is 1.11 bits per heavy atom. The Bertz CT molecular complexity index is 1050. The molecular formula is C23H28O12. The second kappa shape index (κ2) is 7.40. The molecule has 10 atom stereocenters. The van der Waals surface area contributed by atoms with Crippen LogP contribution >= 0.6 is 0 Å². The first-order valence-electron chi connectivity index (χ1n) is 11.4. The minimum atomic E-state index is -2.24. The fraction of sp³-hybridized carbons (Fsp3) is 0.739. The number of carbonyl (C=O) groups excluding carboxylic acids is 4. The van der Waals surface area contributed by atoms with E-state index in [1.807, 2.05) is 0 Å². The van der Waals surface area contributed by atoms with Gasteiger partial charge in [0.2, 0.25) is 11.7 Å². The van der Waals surface area contributed by atoms with Crippen molar-refractivity contribution in [2.45, 2.75) is 56.7 Å². The monoisotopic (exact) mass is 496 g/mol. The molecule has 0 unspecified atom stereocenters. The summed E-state index contributed by atoms with van der Waals surface area (Å²) in [5.74, 6) is -5.63. The number of methoxy groups -OCH3 is 2. The first kappa shape index (κ1) is 24.0. The Hall–Kier alpha value is -2.70. The zero-order valence-electron chi connectivity index (χ0n) is 19.7. The third-order valence-corrected chi connectivity index (χ3v) is 9.23. The summed E-state index contributed by atoms with van der Waals surface area (Å²) in [6.07, 6.45) is -7.35. The molecule has 192 valence electrons. The summed E-state index contributed by atoms with van der Waals surface area (Å²) in [5, 5.41) is 33.3. The maximum Gasteiger partial charge on any atom is 0.508 e. The highest BCUT2D eigenvalue weighted by atomic mass is 16.7. The van der Waals surface area contributed by atoms with E-state index in [9.17, 15) is 34.5 Å². The molecule has 2 saturated heterocycles. The standard InChI is InChI=1S/C23H28O12/c1-8-9-5-11-22-7-33-23(19(29)31-3,16(22)14(18(28)34-11)35-20(30)32-4)17(27)13(26)15(22)21(9,2)6-10(24)12(8)25/h9,11,13-17,25-27H,5-7H2,1-4H3/t9-,11+,13+,14+,15+,16+,17-,21-,22+,23-/m0/s1. The topological polar surface area (TPSA) is 175 Å². The van der Waals surface area contributed by atoms with Crippen LogP contribution in [-0.2, 0) is 38.1 Å². The van der Waals surface area contributed by atoms with Gasteiger partial charge in [-0.1, -0.05) is 6.92 Å². The van der Waals surface area contributed by atoms with E-state index in [0.717, 1.165) is 14.2 Å². The number of hydrogen-bond donors (Lipinski definition) is 3. The van der Waals surface area contributed by atoms with Crippen molar-refractivity contribution in [3.05, 3.63) is 11.3 Å². The van der Waals surface area contributed by atoms with Crippen molar-refractivity contribution in [1.29, 1.82) is 0 Å². The third-order valence-electron chi connectivity index (χ3n) is 9.23. The lowest BCUT2D eigenvalue weighted by Crippen LogP contribution is -2.79. The molecule has 4 fully saturated rings. The lowest BCUT2D eigenvalue weighted by Gasteiger charge is -2.67. The highest BCUT2D eigenvalue weighted by Gasteiger charge is 2.85. The number of rotatable bonds is 2. The van der Waals surface area contributed by atoms with Gasteiger partial charge in [0.05, 0.1) is 32.8 Å². The van der Waals surface area contributed by atoms with Crippen molar-refractivity contribution in [3.8, 4) is 0 Å². The summed E-state index contributed by atoms with van der Waals surface area (Å²) in [5.41, 5.74) is -4.18. The smallest absolute Gasteiger partial charge is 0.504 e. The number of carbonyl (C=O) groups is 4. The molecule has 5 rings (SSSR count). The number of ketones is 1. The molecule has 1 spiro atoms. The fourth-order valence-corrected chi connectivity index (χ4v) is 8.01. The van der Waals surface area contributed by atoms with Crippen molar-refractivity contribution in [3.63, 3.8) is 0 Å². The molecule has 0 aromatic carbocycles. The first-order chi connectivity index (χ1) is 16.4. The number of Topliss-reactive ketones (excluding diaryl/α,β-unsaturated/α-hetero) is 1. The molecule has 2 heterocycles. The summed E-state index contributed by atoms with van der Waals surface area (Å²) in [6, 6.07) is 0. The van der Waals surface area contributed by atoms with Gasteiger partial charge in [0.1, 0.15) is 12.2 Å². The highest BCUT2D eigenvalue weighted by Crippen LogP contribution is 2.72. The first-order valence-corrected chi connectivity index (χ1v) is 11.4. The molecule has 2 bridgehead atoms. The lowest BCUT2D eigenvalue weighted by molar-refractivity contribution is -0.289. The minimum absolute atomic E-state index is 0.155. The van der Waals surface area contributed by atoms with Crippen molar-refractivity contribution in [1.82, 2.24) is 0 Å². The lowest BCUT2D eigenvalue weighted by atomic mass is 9.38. The van der Waals surface area contributed by atoms with Gasteiger partial charge in [-0.15, -0.1) is 0 Å². The molecule has 2 saturated carbocycles. The van der Waals surface area contributed by atoms with Crippen LogP contribution in [0.1, 0.15) is 26.7 Å². The summed E-state index contributed by atoms with van der Waals surface area (Å²) in [6.45, 7) is 3.13. The summed E-state index contributed by atoms with van der Waals surface area (Å²) in [4.78, 5) is 51.2. The van der Waals surface area contributed by atoms with E-state index >= 15 is 0 Å². The SMILES string of the molecule is COC(=O)O[C@H]1C(=O)O[C@@H]2C[C@H]3C(C)=C(O)C(=O)C[C@]3(C)[C@H]3[C@@H](O)[C@H](O)[C@@]4(C(=O)OC)OC[C@]32[C@@H]14. The van der Waals surface area contributed by atoms with Crippen molar-refractivity contribution >= 4 is 23.9 Å². The number of allylic oxidation sites excluding steroid dienone is 2. The van der Waals surface area contributed by atoms with Gasteiger partial charge in [0.25, 0.3) is 0 Å². The summed E-state index contributed by atoms with van der Waals surface area (Å²) in [7, 11) is 2.11. The quantitative estimate of drug-likeness (QED) is 0.339. The predicted octanol–water partition coefficient (Wildman–Crippen LogP) is -0.209. The molecule has 3 N–H and O–H groups in total. The van der Waals surface area contributed by atoms with Crippen molar-refractivity contribution in [2.75, 3.05) is 20.8 Å². The van der Waals surface area contributed by atoms with E-state index < -0.39 is 82.5 Å². The molecule has 12 nitrogen and oxygen atoms in total. The molecule has 0 aromatic rings. The zero-order valence-corrected chi connectivity index (χ0v) is 19.7. The van der Waals surface area contributed by atoms with Crippen LogP contribution in [-0.4, -0.2) is 90.0 Å². The Morgan fingerprint density at radius 2 is 1.80 bits per heavy atom. The van der Waals surface area contributed by atoms with Gasteiger partial charge < -0.3 is 39.0 Å². The van der Waals surface area contributed by atoms with E-state index in [0.29, 0.717) is 5.57 Å². The van der Waals surface area contributed by atoms with Crippen LogP contribution in [0.15, 0.2) is 11.3 Å². The third kappa shape index (κ3) is 2.62. The maximum absolute atomic E-state index is 13.2. The van der Waals surface area contributed by atoms with Gasteiger partial charge in [-0.2, -0.15) is 0 Å². The average Bonchev–Trinajstić information content (AvgIpc) is 3.13. The zero-order chi connectivity index (χ0) is 25.7. The van der Waals surface area contributed by atoms with Crippen LogP contribution < -0.4 is 0 Å². The minimum Gasteiger partial charge on any atom is -0.504 e. The van der Waals surface area contributed by atoms with Gasteiger partial charge in [-0.25, -0.2) is 14.4 Å². The second-order valence-electron chi connectivity index (χ2n) is 10.4. The Kier molecular flexibility index (Phi) is 5.08. The van der Waals surface area contributed by atoms with Crippen molar-refractivity contribution < 1.29 is 58.2 Å². The second-order valence-corrected chi connectivity index (χ2v) is 10.4. The van der Waals surface area contributed by atoms with Gasteiger partial charge in [0.15, 0.2) is 11.5 Å². The van der Waals surface area contributed by atoms with E-state index in [4.69, 9.17) is 18.9 Å². The maximum atomic E-state index is 13.2. The van der Waals surface area contributed by atoms with Crippen LogP contribution in [0.4, 0.5) is 4.79 Å². The number of esters is 2. The predicted molar refractivity (Wildman–Crippen MR) is 110 cm³/mol. The molecule has 3 aliphatic carbocycles. The number of ether oxygens (including phenoxy) is 5. The van der Waals surface area contributed by atoms with Gasteiger partial charge in [0, 0.05) is 17.8 Å². The molecular weight excluding hydrogens is 468 g/mol. The largest absolute Gasteiger partial charge is 0.508 e. The number of aliphatic hydroxyl groups is 3.